The third kappa shape index (κ3) is 6.78. The monoisotopic (exact) mass is 415 g/mol. The van der Waals surface area contributed by atoms with Gasteiger partial charge in [-0.2, -0.15) is 0 Å². The van der Waals surface area contributed by atoms with Crippen molar-refractivity contribution < 1.29 is 9.59 Å². The van der Waals surface area contributed by atoms with E-state index in [1.807, 2.05) is 38.1 Å². The van der Waals surface area contributed by atoms with Crippen molar-refractivity contribution in [3.63, 3.8) is 0 Å². The van der Waals surface area contributed by atoms with Gasteiger partial charge in [0.15, 0.2) is 0 Å². The maximum atomic E-state index is 12.8. The van der Waals surface area contributed by atoms with Crippen LogP contribution in [-0.2, 0) is 11.3 Å². The van der Waals surface area contributed by atoms with Crippen molar-refractivity contribution in [2.75, 3.05) is 10.6 Å². The zero-order valence-electron chi connectivity index (χ0n) is 17.8. The van der Waals surface area contributed by atoms with Gasteiger partial charge in [-0.1, -0.05) is 6.07 Å². The number of aliphatic imine (C=N–C) groups is 1. The third-order valence-corrected chi connectivity index (χ3v) is 4.35. The number of carbonyl (C=O) groups is 2. The van der Waals surface area contributed by atoms with Crippen LogP contribution >= 0.6 is 0 Å². The number of rotatable bonds is 5. The topological polar surface area (TPSA) is 95.5 Å². The molecular formula is C24H25N5O2. The molecule has 0 aliphatic carbocycles. The summed E-state index contributed by atoms with van der Waals surface area (Å²) < 4.78 is 0. The summed E-state index contributed by atoms with van der Waals surface area (Å²) in [6.45, 7) is 5.85. The number of benzene rings is 2. The third-order valence-electron chi connectivity index (χ3n) is 4.35. The number of amides is 2. The van der Waals surface area contributed by atoms with Crippen LogP contribution in [-0.4, -0.2) is 22.8 Å². The highest BCUT2D eigenvalue weighted by molar-refractivity contribution is 6.10. The Balaban J connectivity index is 1.79. The highest BCUT2D eigenvalue weighted by atomic mass is 16.2. The van der Waals surface area contributed by atoms with Gasteiger partial charge in [0.2, 0.25) is 11.9 Å². The van der Waals surface area contributed by atoms with Crippen LogP contribution in [0.5, 0.6) is 0 Å². The molecule has 31 heavy (non-hydrogen) atoms. The first-order valence-electron chi connectivity index (χ1n) is 9.87. The van der Waals surface area contributed by atoms with Gasteiger partial charge in [-0.05, 0) is 79.1 Å². The van der Waals surface area contributed by atoms with E-state index in [4.69, 9.17) is 0 Å². The van der Waals surface area contributed by atoms with Crippen molar-refractivity contribution >= 4 is 29.1 Å². The first-order valence-corrected chi connectivity index (χ1v) is 9.87. The van der Waals surface area contributed by atoms with Crippen LogP contribution in [0, 0.1) is 13.8 Å². The van der Waals surface area contributed by atoms with Gasteiger partial charge in [-0.25, -0.2) is 4.99 Å². The molecule has 7 nitrogen and oxygen atoms in total. The number of guanidine groups is 1. The van der Waals surface area contributed by atoms with Crippen LogP contribution < -0.4 is 16.0 Å². The van der Waals surface area contributed by atoms with E-state index in [9.17, 15) is 9.59 Å². The number of anilines is 2. The summed E-state index contributed by atoms with van der Waals surface area (Å²) in [6, 6.07) is 16.5. The van der Waals surface area contributed by atoms with Gasteiger partial charge in [-0.3, -0.25) is 19.9 Å². The van der Waals surface area contributed by atoms with E-state index < -0.39 is 0 Å². The molecule has 3 N–H and O–H groups in total. The van der Waals surface area contributed by atoms with Crippen molar-refractivity contribution in [3.8, 4) is 0 Å². The predicted molar refractivity (Wildman–Crippen MR) is 123 cm³/mol. The molecule has 0 aliphatic heterocycles. The zero-order valence-corrected chi connectivity index (χ0v) is 17.8. The van der Waals surface area contributed by atoms with Gasteiger partial charge in [0.05, 0.1) is 6.54 Å². The van der Waals surface area contributed by atoms with Crippen LogP contribution in [0.3, 0.4) is 0 Å². The molecular weight excluding hydrogens is 390 g/mol. The second kappa shape index (κ2) is 10.2. The number of pyridine rings is 1. The molecule has 3 rings (SSSR count). The summed E-state index contributed by atoms with van der Waals surface area (Å²) in [4.78, 5) is 32.5. The minimum absolute atomic E-state index is 0.166. The Hall–Kier alpha value is -4.00. The van der Waals surface area contributed by atoms with Crippen LogP contribution in [0.4, 0.5) is 11.4 Å². The normalized spacial score (nSPS) is 11.0. The van der Waals surface area contributed by atoms with E-state index in [1.54, 1.807) is 36.7 Å². The van der Waals surface area contributed by atoms with Gasteiger partial charge < -0.3 is 10.6 Å². The van der Waals surface area contributed by atoms with E-state index >= 15 is 0 Å². The summed E-state index contributed by atoms with van der Waals surface area (Å²) in [5, 5.41) is 8.74. The maximum absolute atomic E-state index is 12.8. The average Bonchev–Trinajstić information content (AvgIpc) is 2.72. The summed E-state index contributed by atoms with van der Waals surface area (Å²) in [5.41, 5.74) is 5.11. The number of carbonyl (C=O) groups excluding carboxylic acids is 2. The second-order valence-electron chi connectivity index (χ2n) is 7.23. The Labute approximate surface area is 181 Å². The van der Waals surface area contributed by atoms with Crippen molar-refractivity contribution in [1.82, 2.24) is 10.3 Å². The Morgan fingerprint density at radius 2 is 1.52 bits per heavy atom. The van der Waals surface area contributed by atoms with Gasteiger partial charge in [-0.15, -0.1) is 0 Å². The second-order valence-corrected chi connectivity index (χ2v) is 7.23. The van der Waals surface area contributed by atoms with Gasteiger partial charge in [0.1, 0.15) is 0 Å². The summed E-state index contributed by atoms with van der Waals surface area (Å²) in [5.74, 6) is -0.127. The Morgan fingerprint density at radius 1 is 0.871 bits per heavy atom. The molecule has 0 bridgehead atoms. The van der Waals surface area contributed by atoms with Crippen molar-refractivity contribution in [2.24, 2.45) is 4.99 Å². The van der Waals surface area contributed by atoms with E-state index in [0.717, 1.165) is 22.4 Å². The van der Waals surface area contributed by atoms with E-state index in [-0.39, 0.29) is 11.8 Å². The maximum Gasteiger partial charge on any atom is 0.257 e. The van der Waals surface area contributed by atoms with Gasteiger partial charge in [0, 0.05) is 36.3 Å². The smallest absolute Gasteiger partial charge is 0.257 e. The van der Waals surface area contributed by atoms with Crippen molar-refractivity contribution in [3.05, 3.63) is 89.2 Å². The van der Waals surface area contributed by atoms with Crippen LogP contribution in [0.1, 0.15) is 34.0 Å². The quantitative estimate of drug-likeness (QED) is 0.433. The summed E-state index contributed by atoms with van der Waals surface area (Å²) in [7, 11) is 0. The zero-order chi connectivity index (χ0) is 22.2. The molecule has 0 fully saturated rings. The molecule has 2 amide bonds. The fourth-order valence-electron chi connectivity index (χ4n) is 3.04. The largest absolute Gasteiger partial charge is 0.326 e. The molecule has 7 heteroatoms. The fourth-order valence-corrected chi connectivity index (χ4v) is 3.04. The number of nitrogens with zero attached hydrogens (tertiary/aromatic N) is 2. The minimum Gasteiger partial charge on any atom is -0.326 e. The number of hydrogen-bond acceptors (Lipinski definition) is 4. The molecule has 0 radical (unpaired) electrons. The van der Waals surface area contributed by atoms with Gasteiger partial charge in [0.25, 0.3) is 5.91 Å². The first kappa shape index (κ1) is 21.7. The highest BCUT2D eigenvalue weighted by Crippen LogP contribution is 2.14. The molecule has 0 saturated heterocycles. The summed E-state index contributed by atoms with van der Waals surface area (Å²) >= 11 is 0. The summed E-state index contributed by atoms with van der Waals surface area (Å²) in [6.07, 6.45) is 3.41. The molecule has 158 valence electrons. The Morgan fingerprint density at radius 3 is 2.13 bits per heavy atom. The number of hydrogen-bond donors (Lipinski definition) is 3. The van der Waals surface area contributed by atoms with Crippen LogP contribution in [0.15, 0.2) is 72.0 Å². The lowest BCUT2D eigenvalue weighted by Gasteiger charge is -2.13. The molecule has 1 aromatic heterocycles. The highest BCUT2D eigenvalue weighted by Gasteiger charge is 2.10. The Bertz CT molecular complexity index is 1070. The number of nitrogens with one attached hydrogen (secondary N) is 3. The van der Waals surface area contributed by atoms with E-state index in [0.29, 0.717) is 23.8 Å². The van der Waals surface area contributed by atoms with Crippen molar-refractivity contribution in [1.29, 1.82) is 0 Å². The van der Waals surface area contributed by atoms with Crippen LogP contribution in [0.25, 0.3) is 0 Å². The SMILES string of the molecule is CC(=O)Nc1ccc(C(=O)NC(=NCc2ccncc2)Nc2cc(C)cc(C)c2)cc1. The number of aromatic nitrogens is 1. The molecule has 1 heterocycles. The first-order chi connectivity index (χ1) is 14.9. The molecule has 0 aliphatic rings. The number of aryl methyl sites for hydroxylation is 2. The van der Waals surface area contributed by atoms with E-state index in [2.05, 4.69) is 32.0 Å². The average molecular weight is 415 g/mol. The Kier molecular flexibility index (Phi) is 7.11. The lowest BCUT2D eigenvalue weighted by Crippen LogP contribution is -2.36. The molecule has 0 unspecified atom stereocenters. The lowest BCUT2D eigenvalue weighted by atomic mass is 10.1. The van der Waals surface area contributed by atoms with E-state index in [1.165, 1.54) is 6.92 Å². The predicted octanol–water partition coefficient (Wildman–Crippen LogP) is 4.05. The standard InChI is InChI=1S/C24H25N5O2/c1-16-12-17(2)14-22(13-16)28-24(26-15-19-8-10-25-11-9-19)29-23(31)20-4-6-21(7-5-20)27-18(3)30/h4-14H,15H2,1-3H3,(H,27,30)(H2,26,28,29,31). The van der Waals surface area contributed by atoms with Gasteiger partial charge >= 0.3 is 0 Å². The van der Waals surface area contributed by atoms with Crippen LogP contribution in [0.2, 0.25) is 0 Å². The fraction of sp³-hybridized carbons (Fsp3) is 0.167. The van der Waals surface area contributed by atoms with Crippen molar-refractivity contribution in [2.45, 2.75) is 27.3 Å². The molecule has 3 aromatic rings. The lowest BCUT2D eigenvalue weighted by molar-refractivity contribution is -0.114. The molecule has 0 atom stereocenters. The minimum atomic E-state index is -0.306. The molecule has 0 spiro atoms. The molecule has 2 aromatic carbocycles. The molecule has 0 saturated carbocycles.